The first-order valence-electron chi connectivity index (χ1n) is 7.46. The summed E-state index contributed by atoms with van der Waals surface area (Å²) in [6.07, 6.45) is 5.95. The fraction of sp³-hybridized carbons (Fsp3) is 0.667. The maximum Gasteiger partial charge on any atom is 0.128 e. The second-order valence-electron chi connectivity index (χ2n) is 5.74. The second-order valence-corrected chi connectivity index (χ2v) is 5.74. The summed E-state index contributed by atoms with van der Waals surface area (Å²) >= 11 is 0. The van der Waals surface area contributed by atoms with Crippen molar-refractivity contribution < 1.29 is 0 Å². The van der Waals surface area contributed by atoms with Gasteiger partial charge >= 0.3 is 0 Å². The number of pyridine rings is 1. The lowest BCUT2D eigenvalue weighted by Crippen LogP contribution is -2.44. The molecule has 2 aliphatic heterocycles. The Bertz CT molecular complexity index is 389. The van der Waals surface area contributed by atoms with Gasteiger partial charge in [-0.2, -0.15) is 0 Å². The molecule has 3 rings (SSSR count). The van der Waals surface area contributed by atoms with E-state index in [1.165, 1.54) is 24.8 Å². The van der Waals surface area contributed by atoms with Gasteiger partial charge in [0.15, 0.2) is 0 Å². The molecule has 0 amide bonds. The van der Waals surface area contributed by atoms with Crippen molar-refractivity contribution in [3.63, 3.8) is 0 Å². The molecule has 4 nitrogen and oxygen atoms in total. The second kappa shape index (κ2) is 5.88. The van der Waals surface area contributed by atoms with Crippen molar-refractivity contribution in [3.8, 4) is 0 Å². The molecule has 104 valence electrons. The lowest BCUT2D eigenvalue weighted by Gasteiger charge is -2.33. The summed E-state index contributed by atoms with van der Waals surface area (Å²) in [5, 5.41) is 3.58. The van der Waals surface area contributed by atoms with E-state index in [1.54, 1.807) is 0 Å². The first-order chi connectivity index (χ1) is 9.33. The molecule has 0 spiro atoms. The van der Waals surface area contributed by atoms with Crippen LogP contribution in [0.1, 0.15) is 30.9 Å². The third-order valence-corrected chi connectivity index (χ3v) is 4.31. The maximum absolute atomic E-state index is 4.67. The third kappa shape index (κ3) is 3.07. The molecule has 2 fully saturated rings. The van der Waals surface area contributed by atoms with Crippen molar-refractivity contribution in [1.29, 1.82) is 0 Å². The normalized spacial score (nSPS) is 25.5. The topological polar surface area (TPSA) is 31.4 Å². The molecular formula is C15H24N4. The molecule has 1 atom stereocenters. The summed E-state index contributed by atoms with van der Waals surface area (Å²) in [6, 6.07) is 4.96. The van der Waals surface area contributed by atoms with E-state index in [0.717, 1.165) is 38.5 Å². The van der Waals surface area contributed by atoms with Gasteiger partial charge in [0.25, 0.3) is 0 Å². The van der Waals surface area contributed by atoms with E-state index >= 15 is 0 Å². The minimum atomic E-state index is 0.516. The molecule has 3 heterocycles. The van der Waals surface area contributed by atoms with Gasteiger partial charge in [0.1, 0.15) is 5.82 Å². The molecule has 1 aromatic rings. The zero-order chi connectivity index (χ0) is 13.1. The highest BCUT2D eigenvalue weighted by Gasteiger charge is 2.17. The number of nitrogens with zero attached hydrogens (tertiary/aromatic N) is 3. The SMILES string of the molecule is CN1CCN(c2ccc(C3CCCCN3)cn2)CC1. The van der Waals surface area contributed by atoms with Gasteiger partial charge in [-0.05, 0) is 38.1 Å². The van der Waals surface area contributed by atoms with Gasteiger partial charge < -0.3 is 15.1 Å². The van der Waals surface area contributed by atoms with E-state index in [0.29, 0.717) is 6.04 Å². The van der Waals surface area contributed by atoms with E-state index in [4.69, 9.17) is 0 Å². The quantitative estimate of drug-likeness (QED) is 0.876. The van der Waals surface area contributed by atoms with E-state index in [-0.39, 0.29) is 0 Å². The molecule has 2 saturated heterocycles. The summed E-state index contributed by atoms with van der Waals surface area (Å²) in [5.41, 5.74) is 1.34. The number of piperazine rings is 1. The molecule has 1 N–H and O–H groups in total. The summed E-state index contributed by atoms with van der Waals surface area (Å²) < 4.78 is 0. The van der Waals surface area contributed by atoms with Crippen LogP contribution in [0.5, 0.6) is 0 Å². The van der Waals surface area contributed by atoms with Crippen LogP contribution in [0.2, 0.25) is 0 Å². The predicted octanol–water partition coefficient (Wildman–Crippen LogP) is 1.65. The molecule has 4 heteroatoms. The lowest BCUT2D eigenvalue weighted by molar-refractivity contribution is 0.312. The van der Waals surface area contributed by atoms with Crippen molar-refractivity contribution in [3.05, 3.63) is 23.9 Å². The smallest absolute Gasteiger partial charge is 0.128 e. The average Bonchev–Trinajstić information content (AvgIpc) is 2.49. The molecule has 0 radical (unpaired) electrons. The average molecular weight is 260 g/mol. The van der Waals surface area contributed by atoms with Gasteiger partial charge in [0.2, 0.25) is 0 Å². The molecule has 0 aromatic carbocycles. The maximum atomic E-state index is 4.67. The zero-order valence-electron chi connectivity index (χ0n) is 11.8. The molecule has 1 unspecified atom stereocenters. The van der Waals surface area contributed by atoms with Crippen LogP contribution >= 0.6 is 0 Å². The number of anilines is 1. The molecular weight excluding hydrogens is 236 g/mol. The Morgan fingerprint density at radius 1 is 1.16 bits per heavy atom. The number of rotatable bonds is 2. The number of piperidine rings is 1. The highest BCUT2D eigenvalue weighted by Crippen LogP contribution is 2.23. The Hall–Kier alpha value is -1.13. The minimum absolute atomic E-state index is 0.516. The van der Waals surface area contributed by atoms with Crippen molar-refractivity contribution >= 4 is 5.82 Å². The van der Waals surface area contributed by atoms with Gasteiger partial charge in [-0.25, -0.2) is 4.98 Å². The summed E-state index contributed by atoms with van der Waals surface area (Å²) in [4.78, 5) is 9.43. The van der Waals surface area contributed by atoms with Crippen molar-refractivity contribution in [1.82, 2.24) is 15.2 Å². The van der Waals surface area contributed by atoms with Crippen LogP contribution in [0, 0.1) is 0 Å². The lowest BCUT2D eigenvalue weighted by atomic mass is 9.99. The van der Waals surface area contributed by atoms with Crippen LogP contribution in [0.25, 0.3) is 0 Å². The van der Waals surface area contributed by atoms with Crippen LogP contribution in [0.15, 0.2) is 18.3 Å². The molecule has 19 heavy (non-hydrogen) atoms. The van der Waals surface area contributed by atoms with Crippen LogP contribution in [-0.2, 0) is 0 Å². The van der Waals surface area contributed by atoms with Crippen LogP contribution < -0.4 is 10.2 Å². The van der Waals surface area contributed by atoms with Crippen LogP contribution in [-0.4, -0.2) is 49.7 Å². The van der Waals surface area contributed by atoms with Gasteiger partial charge in [-0.3, -0.25) is 0 Å². The fourth-order valence-electron chi connectivity index (χ4n) is 2.96. The highest BCUT2D eigenvalue weighted by atomic mass is 15.3. The third-order valence-electron chi connectivity index (χ3n) is 4.31. The first kappa shape index (κ1) is 12.9. The van der Waals surface area contributed by atoms with E-state index < -0.39 is 0 Å². The van der Waals surface area contributed by atoms with Gasteiger partial charge in [-0.15, -0.1) is 0 Å². The zero-order valence-corrected chi connectivity index (χ0v) is 11.8. The number of hydrogen-bond donors (Lipinski definition) is 1. The van der Waals surface area contributed by atoms with Crippen molar-refractivity contribution in [2.45, 2.75) is 25.3 Å². The van der Waals surface area contributed by atoms with E-state index in [9.17, 15) is 0 Å². The molecule has 0 bridgehead atoms. The summed E-state index contributed by atoms with van der Waals surface area (Å²) in [7, 11) is 2.18. The monoisotopic (exact) mass is 260 g/mol. The highest BCUT2D eigenvalue weighted by molar-refractivity contribution is 5.40. The van der Waals surface area contributed by atoms with E-state index in [2.05, 4.69) is 45.5 Å². The minimum Gasteiger partial charge on any atom is -0.354 e. The number of hydrogen-bond acceptors (Lipinski definition) is 4. The molecule has 1 aromatic heterocycles. The van der Waals surface area contributed by atoms with Crippen LogP contribution in [0.4, 0.5) is 5.82 Å². The number of likely N-dealkylation sites (N-methyl/N-ethyl adjacent to an activating group) is 1. The Kier molecular flexibility index (Phi) is 3.99. The number of nitrogens with one attached hydrogen (secondary N) is 1. The standard InChI is InChI=1S/C15H24N4/c1-18-8-10-19(11-9-18)15-6-5-13(12-17-15)14-4-2-3-7-16-14/h5-6,12,14,16H,2-4,7-11H2,1H3. The van der Waals surface area contributed by atoms with Gasteiger partial charge in [0, 0.05) is 38.4 Å². The Labute approximate surface area is 115 Å². The Balaban J connectivity index is 1.65. The Morgan fingerprint density at radius 2 is 2.00 bits per heavy atom. The van der Waals surface area contributed by atoms with E-state index in [1.807, 2.05) is 0 Å². The largest absolute Gasteiger partial charge is 0.354 e. The molecule has 2 aliphatic rings. The summed E-state index contributed by atoms with van der Waals surface area (Å²) in [5.74, 6) is 1.13. The number of aromatic nitrogens is 1. The predicted molar refractivity (Wildman–Crippen MR) is 78.5 cm³/mol. The molecule has 0 aliphatic carbocycles. The fourth-order valence-corrected chi connectivity index (χ4v) is 2.96. The van der Waals surface area contributed by atoms with Crippen molar-refractivity contribution in [2.75, 3.05) is 44.7 Å². The molecule has 0 saturated carbocycles. The van der Waals surface area contributed by atoms with Gasteiger partial charge in [-0.1, -0.05) is 12.5 Å². The van der Waals surface area contributed by atoms with Crippen LogP contribution in [0.3, 0.4) is 0 Å². The van der Waals surface area contributed by atoms with Crippen molar-refractivity contribution in [2.24, 2.45) is 0 Å². The van der Waals surface area contributed by atoms with Gasteiger partial charge in [0.05, 0.1) is 0 Å². The first-order valence-corrected chi connectivity index (χ1v) is 7.46. The Morgan fingerprint density at radius 3 is 2.63 bits per heavy atom. The summed E-state index contributed by atoms with van der Waals surface area (Å²) in [6.45, 7) is 5.58.